The van der Waals surface area contributed by atoms with E-state index in [1.807, 2.05) is 0 Å². The molecule has 0 saturated carbocycles. The number of nitriles is 1. The first-order valence-electron chi connectivity index (χ1n) is 5.37. The number of nitrogens with one attached hydrogen (secondary N) is 1. The number of nitrogens with zero attached hydrogens (tertiary/aromatic N) is 2. The summed E-state index contributed by atoms with van der Waals surface area (Å²) in [6.07, 6.45) is 0.869. The molecule has 1 heterocycles. The van der Waals surface area contributed by atoms with Crippen LogP contribution in [0.15, 0.2) is 35.4 Å². The maximum absolute atomic E-state index is 13.4. The van der Waals surface area contributed by atoms with Crippen LogP contribution in [0.5, 0.6) is 0 Å². The van der Waals surface area contributed by atoms with Gasteiger partial charge in [0.1, 0.15) is 22.5 Å². The molecule has 0 unspecified atom stereocenters. The largest absolute Gasteiger partial charge is 0.276 e. The molecule has 1 aromatic heterocycles. The summed E-state index contributed by atoms with van der Waals surface area (Å²) in [5, 5.41) is 8.55. The summed E-state index contributed by atoms with van der Waals surface area (Å²) in [5.74, 6) is -4.18. The van der Waals surface area contributed by atoms with Crippen molar-refractivity contribution >= 4 is 15.7 Å². The Morgan fingerprint density at radius 1 is 1.19 bits per heavy atom. The van der Waals surface area contributed by atoms with Gasteiger partial charge in [0.05, 0.1) is 5.69 Å². The van der Waals surface area contributed by atoms with Gasteiger partial charge in [-0.1, -0.05) is 0 Å². The van der Waals surface area contributed by atoms with Crippen molar-refractivity contribution in [3.63, 3.8) is 0 Å². The van der Waals surface area contributed by atoms with E-state index in [1.54, 1.807) is 10.8 Å². The second-order valence-electron chi connectivity index (χ2n) is 3.85. The van der Waals surface area contributed by atoms with Crippen LogP contribution in [0.1, 0.15) is 5.69 Å². The Hall–Kier alpha value is -2.60. The smallest absolute Gasteiger partial charge is 0.263 e. The van der Waals surface area contributed by atoms with Gasteiger partial charge >= 0.3 is 0 Å². The number of benzene rings is 1. The van der Waals surface area contributed by atoms with Gasteiger partial charge in [-0.2, -0.15) is 5.26 Å². The molecule has 0 aliphatic carbocycles. The molecular weight excluding hydrogens is 307 g/mol. The first kappa shape index (κ1) is 14.8. The lowest BCUT2D eigenvalue weighted by molar-refractivity contribution is 0.498. The van der Waals surface area contributed by atoms with Gasteiger partial charge in [-0.15, -0.1) is 0 Å². The Kier molecular flexibility index (Phi) is 3.82. The van der Waals surface area contributed by atoms with E-state index in [0.717, 1.165) is 18.3 Å². The van der Waals surface area contributed by atoms with Gasteiger partial charge in [-0.3, -0.25) is 4.72 Å². The Labute approximate surface area is 117 Å². The van der Waals surface area contributed by atoms with E-state index in [4.69, 9.17) is 5.26 Å². The number of anilines is 1. The van der Waals surface area contributed by atoms with Crippen LogP contribution in [0, 0.1) is 28.8 Å². The standard InChI is InChI=1S/C12H6F3N3O2S/c13-7-3-10(14)12(15)11(4-7)18-21(19,20)9-2-1-8(5-16)17-6-9/h1-4,6,18H. The number of halogens is 3. The lowest BCUT2D eigenvalue weighted by Gasteiger charge is -2.09. The average molecular weight is 313 g/mol. The van der Waals surface area contributed by atoms with Gasteiger partial charge in [0.2, 0.25) is 0 Å². The van der Waals surface area contributed by atoms with E-state index < -0.39 is 33.2 Å². The van der Waals surface area contributed by atoms with E-state index in [1.165, 1.54) is 0 Å². The third-order valence-electron chi connectivity index (χ3n) is 2.40. The molecule has 1 aromatic carbocycles. The highest BCUT2D eigenvalue weighted by molar-refractivity contribution is 7.92. The third kappa shape index (κ3) is 3.11. The quantitative estimate of drug-likeness (QED) is 0.880. The Morgan fingerprint density at radius 2 is 1.90 bits per heavy atom. The van der Waals surface area contributed by atoms with E-state index >= 15 is 0 Å². The fourth-order valence-electron chi connectivity index (χ4n) is 1.44. The predicted molar refractivity (Wildman–Crippen MR) is 66.1 cm³/mol. The number of hydrogen-bond donors (Lipinski definition) is 1. The van der Waals surface area contributed by atoms with Crippen LogP contribution in [0.4, 0.5) is 18.9 Å². The third-order valence-corrected chi connectivity index (χ3v) is 3.75. The van der Waals surface area contributed by atoms with Gasteiger partial charge in [0.25, 0.3) is 10.0 Å². The van der Waals surface area contributed by atoms with E-state index in [9.17, 15) is 21.6 Å². The molecule has 0 aliphatic heterocycles. The van der Waals surface area contributed by atoms with Crippen LogP contribution in [-0.2, 0) is 10.0 Å². The maximum atomic E-state index is 13.4. The monoisotopic (exact) mass is 313 g/mol. The molecule has 0 atom stereocenters. The molecule has 0 saturated heterocycles. The zero-order valence-electron chi connectivity index (χ0n) is 10.1. The summed E-state index contributed by atoms with van der Waals surface area (Å²) in [7, 11) is -4.29. The van der Waals surface area contributed by atoms with Gasteiger partial charge < -0.3 is 0 Å². The predicted octanol–water partition coefficient (Wildman–Crippen LogP) is 2.17. The van der Waals surface area contributed by atoms with Crippen LogP contribution >= 0.6 is 0 Å². The zero-order chi connectivity index (χ0) is 15.6. The first-order chi connectivity index (χ1) is 9.83. The molecule has 0 fully saturated rings. The molecule has 108 valence electrons. The van der Waals surface area contributed by atoms with Crippen LogP contribution in [0.3, 0.4) is 0 Å². The van der Waals surface area contributed by atoms with Crippen LogP contribution in [0.2, 0.25) is 0 Å². The second-order valence-corrected chi connectivity index (χ2v) is 5.53. The fourth-order valence-corrected chi connectivity index (χ4v) is 2.43. The number of pyridine rings is 1. The molecule has 21 heavy (non-hydrogen) atoms. The molecule has 0 amide bonds. The Morgan fingerprint density at radius 3 is 2.48 bits per heavy atom. The SMILES string of the molecule is N#Cc1ccc(S(=O)(=O)Nc2cc(F)cc(F)c2F)cn1. The van der Waals surface area contributed by atoms with Gasteiger partial charge in [-0.05, 0) is 12.1 Å². The Bertz CT molecular complexity index is 830. The minimum Gasteiger partial charge on any atom is -0.276 e. The molecular formula is C12H6F3N3O2S. The van der Waals surface area contributed by atoms with E-state index in [-0.39, 0.29) is 16.7 Å². The highest BCUT2D eigenvalue weighted by atomic mass is 32.2. The minimum atomic E-state index is -4.29. The van der Waals surface area contributed by atoms with Crippen LogP contribution in [0.25, 0.3) is 0 Å². The zero-order valence-corrected chi connectivity index (χ0v) is 11.0. The number of sulfonamides is 1. The van der Waals surface area contributed by atoms with Gasteiger partial charge in [0, 0.05) is 18.3 Å². The first-order valence-corrected chi connectivity index (χ1v) is 6.85. The number of rotatable bonds is 3. The fraction of sp³-hybridized carbons (Fsp3) is 0. The minimum absolute atomic E-state index is 0.0167. The number of hydrogen-bond acceptors (Lipinski definition) is 4. The molecule has 0 bridgehead atoms. The highest BCUT2D eigenvalue weighted by Crippen LogP contribution is 2.22. The maximum Gasteiger partial charge on any atom is 0.263 e. The van der Waals surface area contributed by atoms with Crippen molar-refractivity contribution in [2.45, 2.75) is 4.90 Å². The average Bonchev–Trinajstić information content (AvgIpc) is 2.44. The molecule has 0 radical (unpaired) electrons. The topological polar surface area (TPSA) is 82.8 Å². The molecule has 2 rings (SSSR count). The van der Waals surface area contributed by atoms with Crippen molar-refractivity contribution in [3.05, 3.63) is 53.6 Å². The van der Waals surface area contributed by atoms with Crippen LogP contribution < -0.4 is 4.72 Å². The summed E-state index contributed by atoms with van der Waals surface area (Å²) in [4.78, 5) is 3.16. The Balaban J connectivity index is 2.40. The molecule has 9 heteroatoms. The molecule has 2 aromatic rings. The summed E-state index contributed by atoms with van der Waals surface area (Å²) in [6, 6.07) is 4.68. The van der Waals surface area contributed by atoms with Gasteiger partial charge in [-0.25, -0.2) is 26.6 Å². The lowest BCUT2D eigenvalue weighted by Crippen LogP contribution is -2.15. The van der Waals surface area contributed by atoms with Crippen molar-refractivity contribution in [1.29, 1.82) is 5.26 Å². The normalized spacial score (nSPS) is 11.0. The second kappa shape index (κ2) is 5.41. The van der Waals surface area contributed by atoms with Crippen molar-refractivity contribution in [2.75, 3.05) is 4.72 Å². The van der Waals surface area contributed by atoms with Gasteiger partial charge in [0.15, 0.2) is 11.6 Å². The van der Waals surface area contributed by atoms with Crippen molar-refractivity contribution in [3.8, 4) is 6.07 Å². The summed E-state index contributed by atoms with van der Waals surface area (Å²) >= 11 is 0. The summed E-state index contributed by atoms with van der Waals surface area (Å²) in [5.41, 5.74) is -0.881. The molecule has 0 spiro atoms. The van der Waals surface area contributed by atoms with Crippen LogP contribution in [-0.4, -0.2) is 13.4 Å². The van der Waals surface area contributed by atoms with Crippen molar-refractivity contribution < 1.29 is 21.6 Å². The van der Waals surface area contributed by atoms with Crippen molar-refractivity contribution in [2.24, 2.45) is 0 Å². The highest BCUT2D eigenvalue weighted by Gasteiger charge is 2.19. The molecule has 0 aliphatic rings. The molecule has 5 nitrogen and oxygen atoms in total. The van der Waals surface area contributed by atoms with E-state index in [2.05, 4.69) is 4.98 Å². The summed E-state index contributed by atoms with van der Waals surface area (Å²) < 4.78 is 65.0. The summed E-state index contributed by atoms with van der Waals surface area (Å²) in [6.45, 7) is 0. The van der Waals surface area contributed by atoms with E-state index in [0.29, 0.717) is 6.07 Å². The molecule has 1 N–H and O–H groups in total. The lowest BCUT2D eigenvalue weighted by atomic mass is 10.3. The number of aromatic nitrogens is 1. The van der Waals surface area contributed by atoms with Crippen molar-refractivity contribution in [1.82, 2.24) is 4.98 Å².